The minimum absolute atomic E-state index is 0.0667. The van der Waals surface area contributed by atoms with Gasteiger partial charge >= 0.3 is 6.03 Å². The average molecular weight is 278 g/mol. The number of rotatable bonds is 4. The summed E-state index contributed by atoms with van der Waals surface area (Å²) in [5.41, 5.74) is 1.68. The molecule has 0 radical (unpaired) electrons. The Hall–Kier alpha value is -1.99. The van der Waals surface area contributed by atoms with E-state index in [4.69, 9.17) is 5.11 Å². The smallest absolute Gasteiger partial charge is 0.323 e. The second kappa shape index (κ2) is 6.26. The van der Waals surface area contributed by atoms with Crippen molar-refractivity contribution in [1.29, 1.82) is 0 Å². The SMILES string of the molecule is CN(CCO)C(=O)Nc1nc(-c2cccnc2)cs1. The number of thiazole rings is 1. The van der Waals surface area contributed by atoms with Crippen LogP contribution in [-0.2, 0) is 0 Å². The number of carbonyl (C=O) groups is 1. The highest BCUT2D eigenvalue weighted by Crippen LogP contribution is 2.24. The predicted molar refractivity (Wildman–Crippen MR) is 74.1 cm³/mol. The van der Waals surface area contributed by atoms with Crippen molar-refractivity contribution in [2.24, 2.45) is 0 Å². The molecule has 0 bridgehead atoms. The molecule has 0 unspecified atom stereocenters. The van der Waals surface area contributed by atoms with Crippen LogP contribution >= 0.6 is 11.3 Å². The molecular weight excluding hydrogens is 264 g/mol. The fraction of sp³-hybridized carbons (Fsp3) is 0.250. The van der Waals surface area contributed by atoms with Crippen molar-refractivity contribution < 1.29 is 9.90 Å². The van der Waals surface area contributed by atoms with E-state index < -0.39 is 0 Å². The van der Waals surface area contributed by atoms with Gasteiger partial charge in [-0.2, -0.15) is 0 Å². The van der Waals surface area contributed by atoms with E-state index in [0.717, 1.165) is 11.3 Å². The minimum atomic E-state index is -0.291. The molecule has 2 rings (SSSR count). The van der Waals surface area contributed by atoms with Gasteiger partial charge in [0.25, 0.3) is 0 Å². The van der Waals surface area contributed by atoms with Gasteiger partial charge in [-0.05, 0) is 12.1 Å². The summed E-state index contributed by atoms with van der Waals surface area (Å²) >= 11 is 1.35. The largest absolute Gasteiger partial charge is 0.395 e. The Morgan fingerprint density at radius 1 is 1.58 bits per heavy atom. The van der Waals surface area contributed by atoms with Crippen LogP contribution < -0.4 is 5.32 Å². The lowest BCUT2D eigenvalue weighted by Crippen LogP contribution is -2.33. The molecule has 0 spiro atoms. The van der Waals surface area contributed by atoms with E-state index in [9.17, 15) is 4.79 Å². The summed E-state index contributed by atoms with van der Waals surface area (Å²) < 4.78 is 0. The van der Waals surface area contributed by atoms with Gasteiger partial charge in [0, 0.05) is 36.9 Å². The van der Waals surface area contributed by atoms with Crippen LogP contribution in [0.2, 0.25) is 0 Å². The van der Waals surface area contributed by atoms with Crippen LogP contribution in [0.4, 0.5) is 9.93 Å². The number of hydrogen-bond acceptors (Lipinski definition) is 5. The molecule has 2 heterocycles. The van der Waals surface area contributed by atoms with E-state index in [1.807, 2.05) is 17.5 Å². The number of nitrogens with one attached hydrogen (secondary N) is 1. The van der Waals surface area contributed by atoms with Crippen molar-refractivity contribution in [1.82, 2.24) is 14.9 Å². The number of aliphatic hydroxyl groups excluding tert-OH is 1. The lowest BCUT2D eigenvalue weighted by atomic mass is 10.2. The Morgan fingerprint density at radius 3 is 3.11 bits per heavy atom. The molecule has 19 heavy (non-hydrogen) atoms. The molecule has 0 aliphatic rings. The molecule has 7 heteroatoms. The first-order valence-corrected chi connectivity index (χ1v) is 6.57. The van der Waals surface area contributed by atoms with E-state index >= 15 is 0 Å². The van der Waals surface area contributed by atoms with Gasteiger partial charge in [0.05, 0.1) is 12.3 Å². The minimum Gasteiger partial charge on any atom is -0.395 e. The molecule has 0 aliphatic heterocycles. The summed E-state index contributed by atoms with van der Waals surface area (Å²) in [6.07, 6.45) is 3.42. The summed E-state index contributed by atoms with van der Waals surface area (Å²) in [4.78, 5) is 21.4. The molecule has 0 saturated carbocycles. The second-order valence-electron chi connectivity index (χ2n) is 3.85. The maximum atomic E-state index is 11.7. The molecule has 2 amide bonds. The molecule has 0 saturated heterocycles. The van der Waals surface area contributed by atoms with E-state index in [1.54, 1.807) is 19.4 Å². The van der Waals surface area contributed by atoms with Crippen molar-refractivity contribution in [3.8, 4) is 11.3 Å². The zero-order valence-electron chi connectivity index (χ0n) is 10.4. The lowest BCUT2D eigenvalue weighted by Gasteiger charge is -2.14. The number of likely N-dealkylation sites (N-methyl/N-ethyl adjacent to an activating group) is 1. The van der Waals surface area contributed by atoms with Gasteiger partial charge in [0.1, 0.15) is 0 Å². The fourth-order valence-corrected chi connectivity index (χ4v) is 2.13. The number of nitrogens with zero attached hydrogens (tertiary/aromatic N) is 3. The molecule has 2 aromatic rings. The lowest BCUT2D eigenvalue weighted by molar-refractivity contribution is 0.202. The molecular formula is C12H14N4O2S. The Labute approximate surface area is 114 Å². The molecule has 0 aliphatic carbocycles. The number of pyridine rings is 1. The number of anilines is 1. The topological polar surface area (TPSA) is 78.4 Å². The van der Waals surface area contributed by atoms with Crippen molar-refractivity contribution >= 4 is 22.5 Å². The number of urea groups is 1. The maximum Gasteiger partial charge on any atom is 0.323 e. The van der Waals surface area contributed by atoms with Gasteiger partial charge in [-0.25, -0.2) is 9.78 Å². The normalized spacial score (nSPS) is 10.2. The van der Waals surface area contributed by atoms with Crippen LogP contribution in [0.25, 0.3) is 11.3 Å². The van der Waals surface area contributed by atoms with Gasteiger partial charge in [-0.15, -0.1) is 11.3 Å². The number of hydrogen-bond donors (Lipinski definition) is 2. The third-order valence-electron chi connectivity index (χ3n) is 2.46. The Morgan fingerprint density at radius 2 is 2.42 bits per heavy atom. The predicted octanol–water partition coefficient (Wildman–Crippen LogP) is 1.66. The first kappa shape index (κ1) is 13.4. The molecule has 2 N–H and O–H groups in total. The van der Waals surface area contributed by atoms with Crippen molar-refractivity contribution in [2.75, 3.05) is 25.5 Å². The van der Waals surface area contributed by atoms with Crippen LogP contribution in [0.1, 0.15) is 0 Å². The standard InChI is InChI=1S/C12H14N4O2S/c1-16(5-6-17)12(18)15-11-14-10(8-19-11)9-3-2-4-13-7-9/h2-4,7-8,17H,5-6H2,1H3,(H,14,15,18). The Balaban J connectivity index is 2.04. The fourth-order valence-electron chi connectivity index (χ4n) is 1.42. The van der Waals surface area contributed by atoms with Crippen LogP contribution in [-0.4, -0.2) is 46.2 Å². The summed E-state index contributed by atoms with van der Waals surface area (Å²) in [6.45, 7) is 0.218. The van der Waals surface area contributed by atoms with E-state index in [1.165, 1.54) is 16.2 Å². The molecule has 0 aromatic carbocycles. The first-order chi connectivity index (χ1) is 9.20. The van der Waals surface area contributed by atoms with Gasteiger partial charge in [-0.3, -0.25) is 10.3 Å². The Kier molecular flexibility index (Phi) is 4.43. The molecule has 6 nitrogen and oxygen atoms in total. The third-order valence-corrected chi connectivity index (χ3v) is 3.22. The average Bonchev–Trinajstić information content (AvgIpc) is 2.88. The highest BCUT2D eigenvalue weighted by Gasteiger charge is 2.11. The molecule has 100 valence electrons. The maximum absolute atomic E-state index is 11.7. The number of aliphatic hydroxyl groups is 1. The zero-order chi connectivity index (χ0) is 13.7. The van der Waals surface area contributed by atoms with Crippen LogP contribution in [0.15, 0.2) is 29.9 Å². The van der Waals surface area contributed by atoms with Gasteiger partial charge in [0.15, 0.2) is 5.13 Å². The van der Waals surface area contributed by atoms with Crippen LogP contribution in [0.3, 0.4) is 0 Å². The molecule has 2 aromatic heterocycles. The van der Waals surface area contributed by atoms with Gasteiger partial charge in [0.2, 0.25) is 0 Å². The number of carbonyl (C=O) groups excluding carboxylic acids is 1. The second-order valence-corrected chi connectivity index (χ2v) is 4.71. The van der Waals surface area contributed by atoms with Crippen molar-refractivity contribution in [3.63, 3.8) is 0 Å². The quantitative estimate of drug-likeness (QED) is 0.891. The summed E-state index contributed by atoms with van der Waals surface area (Å²) in [5.74, 6) is 0. The van der Waals surface area contributed by atoms with E-state index in [0.29, 0.717) is 5.13 Å². The van der Waals surface area contributed by atoms with Crippen molar-refractivity contribution in [2.45, 2.75) is 0 Å². The zero-order valence-corrected chi connectivity index (χ0v) is 11.2. The molecule has 0 fully saturated rings. The molecule has 0 atom stereocenters. The Bertz CT molecular complexity index is 544. The summed E-state index contributed by atoms with van der Waals surface area (Å²) in [5, 5.41) is 13.8. The summed E-state index contributed by atoms with van der Waals surface area (Å²) in [6, 6.07) is 3.45. The van der Waals surface area contributed by atoms with Crippen LogP contribution in [0, 0.1) is 0 Å². The van der Waals surface area contributed by atoms with Gasteiger partial charge in [-0.1, -0.05) is 0 Å². The highest BCUT2D eigenvalue weighted by atomic mass is 32.1. The highest BCUT2D eigenvalue weighted by molar-refractivity contribution is 7.14. The number of aromatic nitrogens is 2. The van der Waals surface area contributed by atoms with E-state index in [-0.39, 0.29) is 19.2 Å². The van der Waals surface area contributed by atoms with E-state index in [2.05, 4.69) is 15.3 Å². The van der Waals surface area contributed by atoms with Gasteiger partial charge < -0.3 is 10.0 Å². The summed E-state index contributed by atoms with van der Waals surface area (Å²) in [7, 11) is 1.61. The van der Waals surface area contributed by atoms with Crippen LogP contribution in [0.5, 0.6) is 0 Å². The first-order valence-electron chi connectivity index (χ1n) is 5.69. The van der Waals surface area contributed by atoms with Crippen molar-refractivity contribution in [3.05, 3.63) is 29.9 Å². The number of amides is 2. The monoisotopic (exact) mass is 278 g/mol. The third kappa shape index (κ3) is 3.49.